The van der Waals surface area contributed by atoms with Crippen molar-refractivity contribution in [3.63, 3.8) is 0 Å². The fraction of sp³-hybridized carbons (Fsp3) is 0.143. The molecule has 0 radical (unpaired) electrons. The maximum Gasteiger partial charge on any atom is 0.200 e. The molecule has 0 saturated carbocycles. The molecule has 0 aliphatic rings. The number of aromatic nitrogens is 1. The van der Waals surface area contributed by atoms with Crippen molar-refractivity contribution in [1.29, 1.82) is 0 Å². The molecule has 29 heavy (non-hydrogen) atoms. The maximum absolute atomic E-state index is 13.9. The minimum absolute atomic E-state index is 0.159. The number of carbonyl (C=O) groups excluding carboxylic acids is 1. The lowest BCUT2D eigenvalue weighted by molar-refractivity contribution is 0.0982. The van der Waals surface area contributed by atoms with Crippen LogP contribution in [0.2, 0.25) is 0 Å². The van der Waals surface area contributed by atoms with Gasteiger partial charge < -0.3 is 4.74 Å². The van der Waals surface area contributed by atoms with Gasteiger partial charge in [0.1, 0.15) is 5.75 Å². The monoisotopic (exact) mass is 407 g/mol. The van der Waals surface area contributed by atoms with Crippen molar-refractivity contribution in [3.05, 3.63) is 82.8 Å². The second-order valence-electron chi connectivity index (χ2n) is 6.10. The number of ether oxygens (including phenoxy) is 1. The molecule has 3 rings (SSSR count). The molecule has 0 aliphatic heterocycles. The highest BCUT2D eigenvalue weighted by molar-refractivity contribution is 6.02. The van der Waals surface area contributed by atoms with Gasteiger partial charge in [0.2, 0.25) is 5.82 Å². The van der Waals surface area contributed by atoms with Gasteiger partial charge in [-0.25, -0.2) is 22.0 Å². The van der Waals surface area contributed by atoms with Crippen LogP contribution in [0.25, 0.3) is 11.3 Å². The number of nitrogens with zero attached hydrogens (tertiary/aromatic N) is 1. The highest BCUT2D eigenvalue weighted by Gasteiger charge is 2.26. The molecule has 1 heterocycles. The topological polar surface area (TPSA) is 39.2 Å². The number of Topliss-reactive ketones (excluding diaryl/α,β-unsaturated/α-hetero) is 1. The maximum atomic E-state index is 13.9. The number of rotatable bonds is 6. The molecule has 3 nitrogen and oxygen atoms in total. The van der Waals surface area contributed by atoms with E-state index >= 15 is 0 Å². The highest BCUT2D eigenvalue weighted by Crippen LogP contribution is 2.29. The molecule has 0 unspecified atom stereocenters. The Kier molecular flexibility index (Phi) is 5.91. The third kappa shape index (κ3) is 3.96. The van der Waals surface area contributed by atoms with Gasteiger partial charge in [0.25, 0.3) is 0 Å². The van der Waals surface area contributed by atoms with Crippen molar-refractivity contribution in [3.8, 4) is 17.0 Å². The van der Waals surface area contributed by atoms with Gasteiger partial charge in [0.05, 0.1) is 12.8 Å². The Hall–Kier alpha value is -3.29. The second-order valence-corrected chi connectivity index (χ2v) is 6.10. The summed E-state index contributed by atoms with van der Waals surface area (Å²) in [4.78, 5) is 16.9. The van der Waals surface area contributed by atoms with Crippen LogP contribution in [0, 0.1) is 29.1 Å². The second kappa shape index (κ2) is 8.38. The summed E-state index contributed by atoms with van der Waals surface area (Å²) in [6.45, 7) is 0. The quantitative estimate of drug-likeness (QED) is 0.242. The predicted octanol–water partition coefficient (Wildman–Crippen LogP) is 5.27. The number of hydrogen-bond acceptors (Lipinski definition) is 3. The zero-order valence-corrected chi connectivity index (χ0v) is 15.1. The van der Waals surface area contributed by atoms with Crippen LogP contribution in [0.4, 0.5) is 22.0 Å². The number of pyridine rings is 1. The summed E-state index contributed by atoms with van der Waals surface area (Å²) in [6.07, 6.45) is 0.386. The Morgan fingerprint density at radius 3 is 2.17 bits per heavy atom. The van der Waals surface area contributed by atoms with E-state index in [0.717, 1.165) is 0 Å². The molecule has 0 fully saturated rings. The third-order valence-corrected chi connectivity index (χ3v) is 4.37. The van der Waals surface area contributed by atoms with Gasteiger partial charge in [-0.3, -0.25) is 9.78 Å². The average Bonchev–Trinajstić information content (AvgIpc) is 2.76. The van der Waals surface area contributed by atoms with Crippen molar-refractivity contribution in [2.45, 2.75) is 12.8 Å². The van der Waals surface area contributed by atoms with E-state index in [1.54, 1.807) is 30.3 Å². The van der Waals surface area contributed by atoms with E-state index in [4.69, 9.17) is 4.74 Å². The minimum atomic E-state index is -2.24. The summed E-state index contributed by atoms with van der Waals surface area (Å²) in [6, 6.07) is 9.73. The first-order valence-corrected chi connectivity index (χ1v) is 8.48. The Morgan fingerprint density at radius 1 is 0.931 bits per heavy atom. The number of hydrogen-bond donors (Lipinski definition) is 0. The van der Waals surface area contributed by atoms with Crippen molar-refractivity contribution in [2.75, 3.05) is 7.11 Å². The lowest BCUT2D eigenvalue weighted by Gasteiger charge is -2.12. The zero-order chi connectivity index (χ0) is 21.1. The molecular formula is C21H14F5NO2. The van der Waals surface area contributed by atoms with Gasteiger partial charge >= 0.3 is 0 Å². The van der Waals surface area contributed by atoms with Crippen molar-refractivity contribution >= 4 is 5.78 Å². The Balaban J connectivity index is 1.95. The van der Waals surface area contributed by atoms with E-state index in [-0.39, 0.29) is 5.56 Å². The Morgan fingerprint density at radius 2 is 1.59 bits per heavy atom. The standard InChI is InChI=1S/C21H14F5NO2/c1-29-11-5-6-12(15-4-2-3-9-27-15)14(10-11)16(28)8-7-13-17(22)19(24)21(26)20(25)18(13)23/h2-6,9-10H,7-8H2,1H3. The van der Waals surface area contributed by atoms with Crippen LogP contribution in [0.3, 0.4) is 0 Å². The summed E-state index contributed by atoms with van der Waals surface area (Å²) >= 11 is 0. The fourth-order valence-corrected chi connectivity index (χ4v) is 2.87. The van der Waals surface area contributed by atoms with Crippen LogP contribution < -0.4 is 4.74 Å². The van der Waals surface area contributed by atoms with Gasteiger partial charge in [-0.1, -0.05) is 6.07 Å². The van der Waals surface area contributed by atoms with Crippen LogP contribution in [0.1, 0.15) is 22.3 Å². The van der Waals surface area contributed by atoms with Crippen molar-refractivity contribution < 1.29 is 31.5 Å². The molecule has 3 aromatic rings. The minimum Gasteiger partial charge on any atom is -0.497 e. The van der Waals surface area contributed by atoms with E-state index in [0.29, 0.717) is 17.0 Å². The van der Waals surface area contributed by atoms with E-state index in [1.165, 1.54) is 19.4 Å². The van der Waals surface area contributed by atoms with Crippen molar-refractivity contribution in [2.24, 2.45) is 0 Å². The molecule has 2 aromatic carbocycles. The van der Waals surface area contributed by atoms with Gasteiger partial charge in [0, 0.05) is 29.3 Å². The molecule has 1 aromatic heterocycles. The van der Waals surface area contributed by atoms with Gasteiger partial charge in [-0.15, -0.1) is 0 Å². The molecular weight excluding hydrogens is 393 g/mol. The lowest BCUT2D eigenvalue weighted by atomic mass is 9.96. The largest absolute Gasteiger partial charge is 0.497 e. The summed E-state index contributed by atoms with van der Waals surface area (Å²) in [5, 5.41) is 0. The van der Waals surface area contributed by atoms with E-state index in [2.05, 4.69) is 4.98 Å². The van der Waals surface area contributed by atoms with Crippen LogP contribution in [-0.2, 0) is 6.42 Å². The summed E-state index contributed by atoms with van der Waals surface area (Å²) < 4.78 is 72.7. The Labute approximate surface area is 162 Å². The number of carbonyl (C=O) groups is 1. The normalized spacial score (nSPS) is 10.8. The molecule has 0 bridgehead atoms. The molecule has 0 spiro atoms. The molecule has 0 aliphatic carbocycles. The highest BCUT2D eigenvalue weighted by atomic mass is 19.2. The van der Waals surface area contributed by atoms with E-state index in [9.17, 15) is 26.7 Å². The molecule has 0 amide bonds. The lowest BCUT2D eigenvalue weighted by Crippen LogP contribution is -2.10. The van der Waals surface area contributed by atoms with Crippen LogP contribution in [-0.4, -0.2) is 17.9 Å². The summed E-state index contributed by atoms with van der Waals surface area (Å²) in [5.74, 6) is -10.4. The first-order chi connectivity index (χ1) is 13.8. The SMILES string of the molecule is COc1ccc(-c2ccccn2)c(C(=O)CCc2c(F)c(F)c(F)c(F)c2F)c1. The zero-order valence-electron chi connectivity index (χ0n) is 15.1. The van der Waals surface area contributed by atoms with E-state index in [1.807, 2.05) is 0 Å². The number of ketones is 1. The number of methoxy groups -OCH3 is 1. The molecule has 0 N–H and O–H groups in total. The summed E-state index contributed by atoms with van der Waals surface area (Å²) in [5.41, 5.74) is 0.0625. The van der Waals surface area contributed by atoms with Gasteiger partial charge in [-0.05, 0) is 36.8 Å². The van der Waals surface area contributed by atoms with E-state index < -0.39 is 53.3 Å². The van der Waals surface area contributed by atoms with Gasteiger partial charge in [-0.2, -0.15) is 0 Å². The molecule has 150 valence electrons. The summed E-state index contributed by atoms with van der Waals surface area (Å²) in [7, 11) is 1.40. The number of benzene rings is 2. The van der Waals surface area contributed by atoms with Crippen LogP contribution >= 0.6 is 0 Å². The van der Waals surface area contributed by atoms with Crippen LogP contribution in [0.15, 0.2) is 42.6 Å². The molecule has 0 atom stereocenters. The fourth-order valence-electron chi connectivity index (χ4n) is 2.87. The van der Waals surface area contributed by atoms with Gasteiger partial charge in [0.15, 0.2) is 29.1 Å². The smallest absolute Gasteiger partial charge is 0.200 e. The van der Waals surface area contributed by atoms with Crippen molar-refractivity contribution in [1.82, 2.24) is 4.98 Å². The predicted molar refractivity (Wildman–Crippen MR) is 95.1 cm³/mol. The molecule has 0 saturated heterocycles. The van der Waals surface area contributed by atoms with Crippen LogP contribution in [0.5, 0.6) is 5.75 Å². The Bertz CT molecular complexity index is 1040. The first kappa shape index (κ1) is 20.4. The third-order valence-electron chi connectivity index (χ3n) is 4.37. The number of halogens is 5. The first-order valence-electron chi connectivity index (χ1n) is 8.48. The molecule has 8 heteroatoms. The average molecular weight is 407 g/mol.